The molecule has 2 aromatic rings. The molecule has 2 rings (SSSR count). The Morgan fingerprint density at radius 3 is 2.89 bits per heavy atom. The molecule has 3 N–H and O–H groups in total. The molecule has 1 amide bonds. The highest BCUT2D eigenvalue weighted by atomic mass is 16.1. The number of H-pyrrole nitrogens is 2. The van der Waals surface area contributed by atoms with Crippen LogP contribution in [0.3, 0.4) is 0 Å². The van der Waals surface area contributed by atoms with Crippen LogP contribution in [0.2, 0.25) is 0 Å². The Morgan fingerprint density at radius 1 is 1.33 bits per heavy atom. The first-order chi connectivity index (χ1) is 8.74. The number of aromatic amines is 2. The number of aromatic nitrogens is 3. The summed E-state index contributed by atoms with van der Waals surface area (Å²) in [6, 6.07) is 7.03. The Morgan fingerprint density at radius 2 is 2.22 bits per heavy atom. The summed E-state index contributed by atoms with van der Waals surface area (Å²) in [5.74, 6) is -0.0669. The SMILES string of the molecule is O=C(CCc1ccccn1)NCc1cc(=O)[nH][nH]1. The average molecular weight is 246 g/mol. The van der Waals surface area contributed by atoms with Crippen molar-refractivity contribution in [3.8, 4) is 0 Å². The Hall–Kier alpha value is -2.37. The fourth-order valence-electron chi connectivity index (χ4n) is 1.54. The van der Waals surface area contributed by atoms with E-state index in [-0.39, 0.29) is 11.5 Å². The Bertz CT molecular complexity index is 559. The van der Waals surface area contributed by atoms with E-state index >= 15 is 0 Å². The lowest BCUT2D eigenvalue weighted by molar-refractivity contribution is -0.121. The van der Waals surface area contributed by atoms with Crippen LogP contribution in [0.1, 0.15) is 17.8 Å². The number of amides is 1. The molecule has 0 fully saturated rings. The number of rotatable bonds is 5. The standard InChI is InChI=1S/C12H14N4O2/c17-11(5-4-9-3-1-2-6-13-9)14-8-10-7-12(18)16-15-10/h1-3,6-7H,4-5,8H2,(H,14,17)(H2,15,16,18). The fraction of sp³-hybridized carbons (Fsp3) is 0.250. The van der Waals surface area contributed by atoms with E-state index in [1.165, 1.54) is 6.07 Å². The van der Waals surface area contributed by atoms with Crippen molar-refractivity contribution in [2.45, 2.75) is 19.4 Å². The topological polar surface area (TPSA) is 90.6 Å². The third-order valence-corrected chi connectivity index (χ3v) is 2.46. The van der Waals surface area contributed by atoms with Gasteiger partial charge in [0, 0.05) is 24.4 Å². The molecule has 0 spiro atoms. The number of carbonyl (C=O) groups is 1. The number of pyridine rings is 1. The van der Waals surface area contributed by atoms with Crippen LogP contribution in [0.5, 0.6) is 0 Å². The first-order valence-corrected chi connectivity index (χ1v) is 5.67. The van der Waals surface area contributed by atoms with Crippen molar-refractivity contribution in [1.82, 2.24) is 20.5 Å². The minimum atomic E-state index is -0.201. The molecule has 0 saturated carbocycles. The van der Waals surface area contributed by atoms with Gasteiger partial charge >= 0.3 is 0 Å². The minimum Gasteiger partial charge on any atom is -0.350 e. The summed E-state index contributed by atoms with van der Waals surface area (Å²) in [6.45, 7) is 0.319. The van der Waals surface area contributed by atoms with E-state index in [1.807, 2.05) is 18.2 Å². The van der Waals surface area contributed by atoms with Gasteiger partial charge in [-0.05, 0) is 18.6 Å². The third-order valence-electron chi connectivity index (χ3n) is 2.46. The maximum atomic E-state index is 11.6. The zero-order chi connectivity index (χ0) is 12.8. The predicted molar refractivity (Wildman–Crippen MR) is 65.8 cm³/mol. The quantitative estimate of drug-likeness (QED) is 0.710. The number of nitrogens with one attached hydrogen (secondary N) is 3. The molecule has 0 unspecified atom stereocenters. The molecule has 94 valence electrons. The van der Waals surface area contributed by atoms with Gasteiger partial charge in [-0.3, -0.25) is 19.7 Å². The molecular formula is C12H14N4O2. The lowest BCUT2D eigenvalue weighted by Crippen LogP contribution is -2.23. The van der Waals surface area contributed by atoms with Gasteiger partial charge in [-0.1, -0.05) is 6.07 Å². The van der Waals surface area contributed by atoms with Crippen LogP contribution in [0.4, 0.5) is 0 Å². The Labute approximate surface area is 103 Å². The third kappa shape index (κ3) is 3.58. The number of carbonyl (C=O) groups excluding carboxylic acids is 1. The van der Waals surface area contributed by atoms with Crippen LogP contribution in [0, 0.1) is 0 Å². The average Bonchev–Trinajstić information content (AvgIpc) is 2.81. The van der Waals surface area contributed by atoms with Crippen molar-refractivity contribution in [2.75, 3.05) is 0 Å². The van der Waals surface area contributed by atoms with Crippen molar-refractivity contribution in [3.05, 3.63) is 52.2 Å². The molecule has 0 aliphatic carbocycles. The molecule has 0 aliphatic rings. The number of hydrogen-bond donors (Lipinski definition) is 3. The molecule has 0 aromatic carbocycles. The summed E-state index contributed by atoms with van der Waals surface area (Å²) in [7, 11) is 0. The summed E-state index contributed by atoms with van der Waals surface area (Å²) >= 11 is 0. The molecule has 2 heterocycles. The van der Waals surface area contributed by atoms with E-state index in [0.717, 1.165) is 5.69 Å². The Kier molecular flexibility index (Phi) is 3.90. The molecule has 0 saturated heterocycles. The van der Waals surface area contributed by atoms with Crippen LogP contribution in [-0.4, -0.2) is 21.1 Å². The highest BCUT2D eigenvalue weighted by Gasteiger charge is 2.03. The van der Waals surface area contributed by atoms with E-state index in [2.05, 4.69) is 20.5 Å². The monoisotopic (exact) mass is 246 g/mol. The summed E-state index contributed by atoms with van der Waals surface area (Å²) in [5, 5.41) is 7.80. The van der Waals surface area contributed by atoms with Crippen LogP contribution < -0.4 is 10.9 Å². The lowest BCUT2D eigenvalue weighted by Gasteiger charge is -2.03. The zero-order valence-corrected chi connectivity index (χ0v) is 9.77. The molecule has 2 aromatic heterocycles. The van der Waals surface area contributed by atoms with Crippen molar-refractivity contribution < 1.29 is 4.79 Å². The van der Waals surface area contributed by atoms with Gasteiger partial charge in [0.2, 0.25) is 5.91 Å². The molecule has 18 heavy (non-hydrogen) atoms. The molecule has 0 radical (unpaired) electrons. The first kappa shape index (κ1) is 12.1. The van der Waals surface area contributed by atoms with E-state index in [0.29, 0.717) is 25.1 Å². The molecular weight excluding hydrogens is 232 g/mol. The van der Waals surface area contributed by atoms with Crippen LogP contribution in [0.15, 0.2) is 35.3 Å². The smallest absolute Gasteiger partial charge is 0.264 e. The second-order valence-electron chi connectivity index (χ2n) is 3.88. The van der Waals surface area contributed by atoms with E-state index in [1.54, 1.807) is 6.20 Å². The lowest BCUT2D eigenvalue weighted by atomic mass is 10.2. The van der Waals surface area contributed by atoms with Gasteiger partial charge < -0.3 is 10.4 Å². The highest BCUT2D eigenvalue weighted by Crippen LogP contribution is 1.98. The summed E-state index contributed by atoms with van der Waals surface area (Å²) in [5.41, 5.74) is 1.35. The highest BCUT2D eigenvalue weighted by molar-refractivity contribution is 5.76. The van der Waals surface area contributed by atoms with Gasteiger partial charge in [0.1, 0.15) is 0 Å². The summed E-state index contributed by atoms with van der Waals surface area (Å²) in [4.78, 5) is 26.5. The Balaban J connectivity index is 1.74. The van der Waals surface area contributed by atoms with Gasteiger partial charge in [0.05, 0.1) is 12.2 Å². The fourth-order valence-corrected chi connectivity index (χ4v) is 1.54. The van der Waals surface area contributed by atoms with E-state index in [4.69, 9.17) is 0 Å². The van der Waals surface area contributed by atoms with Crippen molar-refractivity contribution >= 4 is 5.91 Å². The maximum Gasteiger partial charge on any atom is 0.264 e. The summed E-state index contributed by atoms with van der Waals surface area (Å²) in [6.07, 6.45) is 2.69. The number of nitrogens with zero attached hydrogens (tertiary/aromatic N) is 1. The van der Waals surface area contributed by atoms with Crippen LogP contribution in [-0.2, 0) is 17.8 Å². The molecule has 0 aliphatic heterocycles. The molecule has 6 heteroatoms. The molecule has 0 atom stereocenters. The molecule has 0 bridgehead atoms. The van der Waals surface area contributed by atoms with Gasteiger partial charge in [0.25, 0.3) is 5.56 Å². The van der Waals surface area contributed by atoms with Crippen LogP contribution in [0.25, 0.3) is 0 Å². The summed E-state index contributed by atoms with van der Waals surface area (Å²) < 4.78 is 0. The van der Waals surface area contributed by atoms with Gasteiger partial charge in [-0.15, -0.1) is 0 Å². The number of hydrogen-bond acceptors (Lipinski definition) is 3. The second-order valence-corrected chi connectivity index (χ2v) is 3.88. The largest absolute Gasteiger partial charge is 0.350 e. The van der Waals surface area contributed by atoms with E-state index in [9.17, 15) is 9.59 Å². The number of aryl methyl sites for hydroxylation is 1. The van der Waals surface area contributed by atoms with Gasteiger partial charge in [-0.25, -0.2) is 0 Å². The van der Waals surface area contributed by atoms with Gasteiger partial charge in [0.15, 0.2) is 0 Å². The maximum absolute atomic E-state index is 11.6. The van der Waals surface area contributed by atoms with Crippen molar-refractivity contribution in [3.63, 3.8) is 0 Å². The minimum absolute atomic E-state index is 0.0669. The van der Waals surface area contributed by atoms with E-state index < -0.39 is 0 Å². The van der Waals surface area contributed by atoms with Crippen molar-refractivity contribution in [1.29, 1.82) is 0 Å². The normalized spacial score (nSPS) is 10.2. The van der Waals surface area contributed by atoms with Gasteiger partial charge in [-0.2, -0.15) is 0 Å². The first-order valence-electron chi connectivity index (χ1n) is 5.67. The van der Waals surface area contributed by atoms with Crippen LogP contribution >= 0.6 is 0 Å². The second kappa shape index (κ2) is 5.81. The zero-order valence-electron chi connectivity index (χ0n) is 9.77. The predicted octanol–water partition coefficient (Wildman–Crippen LogP) is 0.347. The van der Waals surface area contributed by atoms with Crippen molar-refractivity contribution in [2.24, 2.45) is 0 Å². The molecule has 6 nitrogen and oxygen atoms in total.